The smallest absolute Gasteiger partial charge is 0.404 e. The molecular formula is C9H9FN2O4. The zero-order valence-electron chi connectivity index (χ0n) is 8.14. The van der Waals surface area contributed by atoms with Crippen molar-refractivity contribution in [3.8, 4) is 0 Å². The summed E-state index contributed by atoms with van der Waals surface area (Å²) in [6.07, 6.45) is -0.899. The van der Waals surface area contributed by atoms with Crippen molar-refractivity contribution >= 4 is 11.8 Å². The summed E-state index contributed by atoms with van der Waals surface area (Å²) >= 11 is 0. The fraction of sp³-hybridized carbons (Fsp3) is 0.222. The van der Waals surface area contributed by atoms with Gasteiger partial charge in [0.2, 0.25) is 5.82 Å². The highest BCUT2D eigenvalue weighted by Crippen LogP contribution is 2.18. The van der Waals surface area contributed by atoms with Crippen molar-refractivity contribution < 1.29 is 19.2 Å². The van der Waals surface area contributed by atoms with E-state index in [0.29, 0.717) is 5.56 Å². The van der Waals surface area contributed by atoms with Crippen LogP contribution in [-0.2, 0) is 6.42 Å². The zero-order valence-corrected chi connectivity index (χ0v) is 8.14. The molecule has 0 atom stereocenters. The molecular weight excluding hydrogens is 219 g/mol. The summed E-state index contributed by atoms with van der Waals surface area (Å²) in [6.45, 7) is 0.123. The van der Waals surface area contributed by atoms with E-state index in [9.17, 15) is 19.3 Å². The number of halogens is 1. The monoisotopic (exact) mass is 228 g/mol. The second-order valence-corrected chi connectivity index (χ2v) is 3.02. The third kappa shape index (κ3) is 3.19. The number of rotatable bonds is 4. The highest BCUT2D eigenvalue weighted by Gasteiger charge is 2.13. The maximum absolute atomic E-state index is 12.9. The molecule has 2 N–H and O–H groups in total. The normalized spacial score (nSPS) is 9.81. The van der Waals surface area contributed by atoms with E-state index in [1.807, 2.05) is 0 Å². The molecule has 1 aromatic carbocycles. The fourth-order valence-corrected chi connectivity index (χ4v) is 1.17. The van der Waals surface area contributed by atoms with Gasteiger partial charge in [0.15, 0.2) is 0 Å². The standard InChI is InChI=1S/C9H9FN2O4/c10-7-2-1-6(3-4-11-9(13)14)5-8(7)12(15)16/h1-2,5,11H,3-4H2,(H,13,14). The number of hydrogen-bond donors (Lipinski definition) is 2. The highest BCUT2D eigenvalue weighted by molar-refractivity contribution is 5.64. The molecule has 0 fully saturated rings. The van der Waals surface area contributed by atoms with Gasteiger partial charge in [-0.25, -0.2) is 4.79 Å². The van der Waals surface area contributed by atoms with Crippen molar-refractivity contribution in [2.75, 3.05) is 6.54 Å². The van der Waals surface area contributed by atoms with Gasteiger partial charge in [-0.05, 0) is 18.1 Å². The molecule has 6 nitrogen and oxygen atoms in total. The molecule has 1 amide bonds. The molecule has 0 bridgehead atoms. The maximum atomic E-state index is 12.9. The summed E-state index contributed by atoms with van der Waals surface area (Å²) in [6, 6.07) is 3.47. The molecule has 1 rings (SSSR count). The van der Waals surface area contributed by atoms with Crippen molar-refractivity contribution in [3.05, 3.63) is 39.7 Å². The van der Waals surface area contributed by atoms with Crippen LogP contribution in [0.4, 0.5) is 14.9 Å². The first-order chi connectivity index (χ1) is 7.50. The van der Waals surface area contributed by atoms with Crippen LogP contribution in [0.25, 0.3) is 0 Å². The fourth-order valence-electron chi connectivity index (χ4n) is 1.17. The van der Waals surface area contributed by atoms with Crippen molar-refractivity contribution in [3.63, 3.8) is 0 Å². The SMILES string of the molecule is O=C(O)NCCc1ccc(F)c([N+](=O)[O-])c1. The first-order valence-electron chi connectivity index (χ1n) is 4.40. The third-order valence-electron chi connectivity index (χ3n) is 1.90. The molecule has 16 heavy (non-hydrogen) atoms. The molecule has 0 aliphatic rings. The van der Waals surface area contributed by atoms with Gasteiger partial charge in [-0.15, -0.1) is 0 Å². The lowest BCUT2D eigenvalue weighted by Gasteiger charge is -2.02. The van der Waals surface area contributed by atoms with E-state index >= 15 is 0 Å². The Labute approximate surface area is 89.9 Å². The second kappa shape index (κ2) is 5.06. The Balaban J connectivity index is 2.71. The Bertz CT molecular complexity index is 422. The molecule has 1 aromatic rings. The van der Waals surface area contributed by atoms with Gasteiger partial charge in [-0.3, -0.25) is 10.1 Å². The van der Waals surface area contributed by atoms with Crippen LogP contribution in [0.3, 0.4) is 0 Å². The molecule has 0 heterocycles. The van der Waals surface area contributed by atoms with Crippen LogP contribution in [0.2, 0.25) is 0 Å². The zero-order chi connectivity index (χ0) is 12.1. The molecule has 0 radical (unpaired) electrons. The molecule has 0 saturated heterocycles. The number of carboxylic acid groups (broad SMARTS) is 1. The van der Waals surface area contributed by atoms with Crippen LogP contribution in [0.5, 0.6) is 0 Å². The lowest BCUT2D eigenvalue weighted by molar-refractivity contribution is -0.387. The van der Waals surface area contributed by atoms with Crippen molar-refractivity contribution in [2.24, 2.45) is 0 Å². The van der Waals surface area contributed by atoms with E-state index in [1.54, 1.807) is 0 Å². The quantitative estimate of drug-likeness (QED) is 0.603. The van der Waals surface area contributed by atoms with Gasteiger partial charge in [-0.1, -0.05) is 6.07 Å². The van der Waals surface area contributed by atoms with Gasteiger partial charge in [0.25, 0.3) is 0 Å². The number of nitrogens with one attached hydrogen (secondary N) is 1. The van der Waals surface area contributed by atoms with Crippen molar-refractivity contribution in [1.82, 2.24) is 5.32 Å². The van der Waals surface area contributed by atoms with E-state index in [4.69, 9.17) is 5.11 Å². The minimum absolute atomic E-state index is 0.123. The van der Waals surface area contributed by atoms with Crippen molar-refractivity contribution in [2.45, 2.75) is 6.42 Å². The summed E-state index contributed by atoms with van der Waals surface area (Å²) in [5.74, 6) is -0.903. The number of amides is 1. The number of hydrogen-bond acceptors (Lipinski definition) is 3. The Morgan fingerprint density at radius 2 is 2.25 bits per heavy atom. The summed E-state index contributed by atoms with van der Waals surface area (Å²) in [4.78, 5) is 19.7. The van der Waals surface area contributed by atoms with Crippen LogP contribution in [0.15, 0.2) is 18.2 Å². The number of nitro groups is 1. The number of benzene rings is 1. The molecule has 86 valence electrons. The van der Waals surface area contributed by atoms with Gasteiger partial charge in [0, 0.05) is 12.6 Å². The van der Waals surface area contributed by atoms with Gasteiger partial charge >= 0.3 is 11.8 Å². The van der Waals surface area contributed by atoms with Crippen molar-refractivity contribution in [1.29, 1.82) is 0 Å². The average Bonchev–Trinajstić information content (AvgIpc) is 2.19. The van der Waals surface area contributed by atoms with E-state index < -0.39 is 22.5 Å². The lowest BCUT2D eigenvalue weighted by atomic mass is 10.1. The summed E-state index contributed by atoms with van der Waals surface area (Å²) in [7, 11) is 0. The number of nitro benzene ring substituents is 1. The molecule has 7 heteroatoms. The lowest BCUT2D eigenvalue weighted by Crippen LogP contribution is -2.23. The average molecular weight is 228 g/mol. The largest absolute Gasteiger partial charge is 0.465 e. The Hall–Kier alpha value is -2.18. The van der Waals surface area contributed by atoms with Crippen LogP contribution >= 0.6 is 0 Å². The van der Waals surface area contributed by atoms with Gasteiger partial charge in [0.1, 0.15) is 0 Å². The number of nitrogens with zero attached hydrogens (tertiary/aromatic N) is 1. The molecule has 0 unspecified atom stereocenters. The van der Waals surface area contributed by atoms with Crippen LogP contribution in [-0.4, -0.2) is 22.7 Å². The Kier molecular flexibility index (Phi) is 3.76. The van der Waals surface area contributed by atoms with Gasteiger partial charge in [0.05, 0.1) is 4.92 Å². The van der Waals surface area contributed by atoms with Gasteiger partial charge < -0.3 is 10.4 Å². The molecule has 0 aliphatic carbocycles. The molecule has 0 aliphatic heterocycles. The minimum Gasteiger partial charge on any atom is -0.465 e. The Morgan fingerprint density at radius 3 is 2.81 bits per heavy atom. The summed E-state index contributed by atoms with van der Waals surface area (Å²) < 4.78 is 12.9. The molecule has 0 spiro atoms. The maximum Gasteiger partial charge on any atom is 0.404 e. The second-order valence-electron chi connectivity index (χ2n) is 3.02. The predicted molar refractivity (Wildman–Crippen MR) is 52.8 cm³/mol. The van der Waals surface area contributed by atoms with E-state index in [-0.39, 0.29) is 13.0 Å². The van der Waals surface area contributed by atoms with Crippen LogP contribution in [0, 0.1) is 15.9 Å². The third-order valence-corrected chi connectivity index (χ3v) is 1.90. The summed E-state index contributed by atoms with van der Waals surface area (Å²) in [5, 5.41) is 20.8. The van der Waals surface area contributed by atoms with Gasteiger partial charge in [-0.2, -0.15) is 4.39 Å². The first kappa shape index (κ1) is 11.9. The van der Waals surface area contributed by atoms with E-state index in [2.05, 4.69) is 5.32 Å². The predicted octanol–water partition coefficient (Wildman–Crippen LogP) is 1.54. The molecule has 0 aromatic heterocycles. The first-order valence-corrected chi connectivity index (χ1v) is 4.40. The van der Waals surface area contributed by atoms with E-state index in [1.165, 1.54) is 6.07 Å². The van der Waals surface area contributed by atoms with Crippen LogP contribution in [0.1, 0.15) is 5.56 Å². The van der Waals surface area contributed by atoms with Crippen LogP contribution < -0.4 is 5.32 Å². The highest BCUT2D eigenvalue weighted by atomic mass is 19.1. The summed E-state index contributed by atoms with van der Waals surface area (Å²) in [5.41, 5.74) is -0.102. The van der Waals surface area contributed by atoms with E-state index in [0.717, 1.165) is 12.1 Å². The minimum atomic E-state index is -1.17. The Morgan fingerprint density at radius 1 is 1.56 bits per heavy atom. The number of carbonyl (C=O) groups is 1. The topological polar surface area (TPSA) is 92.5 Å². The molecule has 0 saturated carbocycles.